The second kappa shape index (κ2) is 9.75. The van der Waals surface area contributed by atoms with Crippen molar-refractivity contribution in [3.05, 3.63) is 0 Å². The summed E-state index contributed by atoms with van der Waals surface area (Å²) >= 11 is 0. The average molecular weight is 286 g/mol. The van der Waals surface area contributed by atoms with Crippen LogP contribution in [0.4, 0.5) is 0 Å². The monoisotopic (exact) mass is 286 g/mol. The van der Waals surface area contributed by atoms with Gasteiger partial charge >= 0.3 is 5.97 Å². The molecule has 0 rings (SSSR count). The number of amides is 1. The number of nitrogens with two attached hydrogens (primary N) is 1. The zero-order valence-electron chi connectivity index (χ0n) is 13.1. The largest absolute Gasteiger partial charge is 0.481 e. The first-order valence-electron chi connectivity index (χ1n) is 7.59. The van der Waals surface area contributed by atoms with Gasteiger partial charge in [-0.15, -0.1) is 0 Å². The van der Waals surface area contributed by atoms with Gasteiger partial charge in [0.2, 0.25) is 5.91 Å². The van der Waals surface area contributed by atoms with Gasteiger partial charge in [-0.1, -0.05) is 26.7 Å². The Kier molecular flexibility index (Phi) is 9.21. The van der Waals surface area contributed by atoms with Crippen LogP contribution < -0.4 is 11.1 Å². The first-order chi connectivity index (χ1) is 9.39. The molecule has 0 aromatic carbocycles. The summed E-state index contributed by atoms with van der Waals surface area (Å²) in [6, 6.07) is 0. The van der Waals surface area contributed by atoms with Crippen molar-refractivity contribution in [2.75, 3.05) is 13.1 Å². The van der Waals surface area contributed by atoms with Gasteiger partial charge in [0, 0.05) is 19.5 Å². The quantitative estimate of drug-likeness (QED) is 0.542. The normalized spacial score (nSPS) is 15.4. The molecule has 5 nitrogen and oxygen atoms in total. The zero-order chi connectivity index (χ0) is 15.6. The van der Waals surface area contributed by atoms with Crippen LogP contribution in [0.2, 0.25) is 0 Å². The van der Waals surface area contributed by atoms with Crippen LogP contribution in [0.1, 0.15) is 59.3 Å². The Morgan fingerprint density at radius 3 is 2.35 bits per heavy atom. The number of aliphatic carboxylic acids is 1. The molecule has 1 amide bonds. The smallest absolute Gasteiger partial charge is 0.303 e. The molecule has 0 aliphatic carbocycles. The van der Waals surface area contributed by atoms with Gasteiger partial charge < -0.3 is 16.2 Å². The van der Waals surface area contributed by atoms with E-state index in [9.17, 15) is 9.59 Å². The van der Waals surface area contributed by atoms with Gasteiger partial charge in [0.15, 0.2) is 0 Å². The molecule has 0 aliphatic heterocycles. The minimum Gasteiger partial charge on any atom is -0.481 e. The third-order valence-electron chi connectivity index (χ3n) is 4.08. The van der Waals surface area contributed by atoms with Crippen LogP contribution in [0.3, 0.4) is 0 Å². The van der Waals surface area contributed by atoms with E-state index in [1.165, 1.54) is 0 Å². The number of carboxylic acids is 1. The van der Waals surface area contributed by atoms with Crippen LogP contribution in [0.15, 0.2) is 0 Å². The van der Waals surface area contributed by atoms with E-state index in [0.717, 1.165) is 19.3 Å². The first kappa shape index (κ1) is 18.9. The van der Waals surface area contributed by atoms with E-state index in [2.05, 4.69) is 12.2 Å². The molecule has 0 bridgehead atoms. The first-order valence-corrected chi connectivity index (χ1v) is 7.59. The van der Waals surface area contributed by atoms with Gasteiger partial charge in [0.1, 0.15) is 0 Å². The van der Waals surface area contributed by atoms with Crippen LogP contribution in [0, 0.1) is 11.3 Å². The number of carbonyl (C=O) groups is 2. The van der Waals surface area contributed by atoms with Gasteiger partial charge in [0.05, 0.1) is 5.41 Å². The molecule has 0 aromatic rings. The van der Waals surface area contributed by atoms with E-state index in [1.807, 2.05) is 13.8 Å². The van der Waals surface area contributed by atoms with Crippen molar-refractivity contribution in [1.82, 2.24) is 5.32 Å². The Balaban J connectivity index is 4.16. The Morgan fingerprint density at radius 2 is 1.90 bits per heavy atom. The Bertz CT molecular complexity index is 301. The number of hydrogen-bond acceptors (Lipinski definition) is 3. The fourth-order valence-corrected chi connectivity index (χ4v) is 2.17. The van der Waals surface area contributed by atoms with Crippen LogP contribution in [-0.2, 0) is 9.59 Å². The predicted octanol–water partition coefficient (Wildman–Crippen LogP) is 2.15. The second-order valence-corrected chi connectivity index (χ2v) is 5.75. The van der Waals surface area contributed by atoms with Gasteiger partial charge in [-0.3, -0.25) is 9.59 Å². The van der Waals surface area contributed by atoms with Crippen molar-refractivity contribution in [2.45, 2.75) is 59.3 Å². The predicted molar refractivity (Wildman–Crippen MR) is 80.3 cm³/mol. The third kappa shape index (κ3) is 6.89. The molecular weight excluding hydrogens is 256 g/mol. The maximum atomic E-state index is 12.0. The SMILES string of the molecule is CCCC(CCNC(=O)C(C)(CC)CN)CCC(=O)O. The highest BCUT2D eigenvalue weighted by molar-refractivity contribution is 5.82. The number of carboxylic acid groups (broad SMARTS) is 1. The van der Waals surface area contributed by atoms with E-state index < -0.39 is 11.4 Å². The van der Waals surface area contributed by atoms with E-state index in [4.69, 9.17) is 10.8 Å². The van der Waals surface area contributed by atoms with Gasteiger partial charge in [-0.25, -0.2) is 0 Å². The fraction of sp³-hybridized carbons (Fsp3) is 0.867. The van der Waals surface area contributed by atoms with Gasteiger partial charge in [-0.2, -0.15) is 0 Å². The van der Waals surface area contributed by atoms with Crippen molar-refractivity contribution in [3.8, 4) is 0 Å². The molecule has 4 N–H and O–H groups in total. The third-order valence-corrected chi connectivity index (χ3v) is 4.08. The molecule has 5 heteroatoms. The van der Waals surface area contributed by atoms with E-state index in [-0.39, 0.29) is 12.3 Å². The Labute approximate surface area is 122 Å². The summed E-state index contributed by atoms with van der Waals surface area (Å²) in [5.41, 5.74) is 5.15. The summed E-state index contributed by atoms with van der Waals surface area (Å²) in [4.78, 5) is 22.7. The molecule has 0 spiro atoms. The highest BCUT2D eigenvalue weighted by atomic mass is 16.4. The summed E-state index contributed by atoms with van der Waals surface area (Å²) in [6.07, 6.45) is 4.47. The fourth-order valence-electron chi connectivity index (χ4n) is 2.17. The maximum Gasteiger partial charge on any atom is 0.303 e. The number of nitrogens with one attached hydrogen (secondary N) is 1. The molecule has 2 atom stereocenters. The topological polar surface area (TPSA) is 92.4 Å². The molecule has 0 aliphatic rings. The number of rotatable bonds is 11. The molecule has 2 unspecified atom stereocenters. The van der Waals surface area contributed by atoms with Gasteiger partial charge in [-0.05, 0) is 32.1 Å². The highest BCUT2D eigenvalue weighted by Gasteiger charge is 2.29. The van der Waals surface area contributed by atoms with Crippen LogP contribution >= 0.6 is 0 Å². The average Bonchev–Trinajstić information content (AvgIpc) is 2.43. The minimum absolute atomic E-state index is 0.00372. The van der Waals surface area contributed by atoms with E-state index in [0.29, 0.717) is 31.8 Å². The maximum absolute atomic E-state index is 12.0. The molecule has 20 heavy (non-hydrogen) atoms. The molecule has 0 heterocycles. The van der Waals surface area contributed by atoms with Crippen molar-refractivity contribution < 1.29 is 14.7 Å². The van der Waals surface area contributed by atoms with E-state index in [1.54, 1.807) is 0 Å². The van der Waals surface area contributed by atoms with Crippen molar-refractivity contribution >= 4 is 11.9 Å². The van der Waals surface area contributed by atoms with E-state index >= 15 is 0 Å². The molecule has 118 valence electrons. The summed E-state index contributed by atoms with van der Waals surface area (Å²) in [5, 5.41) is 11.7. The van der Waals surface area contributed by atoms with Crippen molar-refractivity contribution in [1.29, 1.82) is 0 Å². The summed E-state index contributed by atoms with van der Waals surface area (Å²) in [7, 11) is 0. The van der Waals surface area contributed by atoms with Crippen molar-refractivity contribution in [2.24, 2.45) is 17.1 Å². The number of hydrogen-bond donors (Lipinski definition) is 3. The lowest BCUT2D eigenvalue weighted by Gasteiger charge is -2.25. The van der Waals surface area contributed by atoms with Crippen molar-refractivity contribution in [3.63, 3.8) is 0 Å². The lowest BCUT2D eigenvalue weighted by atomic mass is 9.86. The molecule has 0 radical (unpaired) electrons. The van der Waals surface area contributed by atoms with Gasteiger partial charge in [0.25, 0.3) is 0 Å². The zero-order valence-corrected chi connectivity index (χ0v) is 13.1. The lowest BCUT2D eigenvalue weighted by molar-refractivity contribution is -0.137. The van der Waals surface area contributed by atoms with Crippen LogP contribution in [-0.4, -0.2) is 30.1 Å². The minimum atomic E-state index is -0.753. The Hall–Kier alpha value is -1.10. The number of carbonyl (C=O) groups excluding carboxylic acids is 1. The summed E-state index contributed by atoms with van der Waals surface area (Å²) in [5.74, 6) is -0.394. The molecule has 0 saturated carbocycles. The summed E-state index contributed by atoms with van der Waals surface area (Å²) < 4.78 is 0. The standard InChI is InChI=1S/C15H30N2O3/c1-4-6-12(7-8-13(18)19)9-10-17-14(20)15(3,5-2)11-16/h12H,4-11,16H2,1-3H3,(H,17,20)(H,18,19). The highest BCUT2D eigenvalue weighted by Crippen LogP contribution is 2.20. The molecule has 0 aromatic heterocycles. The van der Waals surface area contributed by atoms with Crippen LogP contribution in [0.25, 0.3) is 0 Å². The lowest BCUT2D eigenvalue weighted by Crippen LogP contribution is -2.44. The second-order valence-electron chi connectivity index (χ2n) is 5.75. The Morgan fingerprint density at radius 1 is 1.25 bits per heavy atom. The molecular formula is C15H30N2O3. The molecule has 0 fully saturated rings. The molecule has 0 saturated heterocycles. The van der Waals surface area contributed by atoms with Crippen LogP contribution in [0.5, 0.6) is 0 Å². The summed E-state index contributed by atoms with van der Waals surface area (Å²) in [6.45, 7) is 6.86.